The molecule has 0 aliphatic carbocycles. The third-order valence-corrected chi connectivity index (χ3v) is 4.02. The van der Waals surface area contributed by atoms with Crippen molar-refractivity contribution in [3.63, 3.8) is 0 Å². The largest absolute Gasteiger partial charge is 0.271 e. The van der Waals surface area contributed by atoms with Gasteiger partial charge in [-0.15, -0.1) is 11.3 Å². The number of nitrogens with zero attached hydrogens (tertiary/aromatic N) is 2. The van der Waals surface area contributed by atoms with Crippen molar-refractivity contribution in [2.45, 2.75) is 12.5 Å². The third-order valence-electron chi connectivity index (χ3n) is 2.96. The predicted octanol–water partition coefficient (Wildman–Crippen LogP) is 2.44. The molecule has 2 heterocycles. The summed E-state index contributed by atoms with van der Waals surface area (Å²) in [6.45, 7) is 0. The number of nitrogens with one attached hydrogen (secondary N) is 1. The highest BCUT2D eigenvalue weighted by Crippen LogP contribution is 2.25. The second-order valence-corrected chi connectivity index (χ2v) is 5.37. The van der Waals surface area contributed by atoms with Crippen LogP contribution in [0.3, 0.4) is 0 Å². The molecule has 0 saturated heterocycles. The highest BCUT2D eigenvalue weighted by atomic mass is 32.1. The van der Waals surface area contributed by atoms with Crippen LogP contribution >= 0.6 is 11.3 Å². The molecule has 3 N–H and O–H groups in total. The van der Waals surface area contributed by atoms with E-state index in [0.29, 0.717) is 0 Å². The first kappa shape index (κ1) is 12.2. The quantitative estimate of drug-likeness (QED) is 0.564. The maximum Gasteiger partial charge on any atom is 0.0958 e. The van der Waals surface area contributed by atoms with Crippen molar-refractivity contribution in [2.24, 2.45) is 5.84 Å². The number of hydrogen-bond donors (Lipinski definition) is 2. The van der Waals surface area contributed by atoms with E-state index in [2.05, 4.69) is 21.5 Å². The van der Waals surface area contributed by atoms with E-state index in [-0.39, 0.29) is 6.04 Å². The molecule has 0 aliphatic rings. The Morgan fingerprint density at radius 2 is 2.00 bits per heavy atom. The first-order valence-corrected chi connectivity index (χ1v) is 6.90. The van der Waals surface area contributed by atoms with Gasteiger partial charge in [0.05, 0.1) is 27.0 Å². The topological polar surface area (TPSA) is 63.8 Å². The van der Waals surface area contributed by atoms with Crippen molar-refractivity contribution in [3.8, 4) is 0 Å². The van der Waals surface area contributed by atoms with Crippen molar-refractivity contribution >= 4 is 21.6 Å². The van der Waals surface area contributed by atoms with E-state index in [1.165, 1.54) is 4.70 Å². The van der Waals surface area contributed by atoms with Crippen LogP contribution in [0.15, 0.2) is 48.7 Å². The number of thiazole rings is 1. The van der Waals surface area contributed by atoms with Gasteiger partial charge in [0.2, 0.25) is 0 Å². The Labute approximate surface area is 115 Å². The summed E-state index contributed by atoms with van der Waals surface area (Å²) in [6, 6.07) is 14.0. The fraction of sp³-hybridized carbons (Fsp3) is 0.143. The lowest BCUT2D eigenvalue weighted by Crippen LogP contribution is -2.30. The van der Waals surface area contributed by atoms with Crippen LogP contribution in [0.4, 0.5) is 0 Å². The summed E-state index contributed by atoms with van der Waals surface area (Å²) in [5, 5.41) is 1.06. The lowest BCUT2D eigenvalue weighted by molar-refractivity contribution is 0.537. The molecule has 1 aromatic carbocycles. The zero-order chi connectivity index (χ0) is 13.1. The fourth-order valence-corrected chi connectivity index (χ4v) is 3.03. The lowest BCUT2D eigenvalue weighted by Gasteiger charge is -2.13. The highest BCUT2D eigenvalue weighted by Gasteiger charge is 2.14. The number of hydrogen-bond acceptors (Lipinski definition) is 5. The van der Waals surface area contributed by atoms with Gasteiger partial charge in [-0.3, -0.25) is 16.3 Å². The van der Waals surface area contributed by atoms with Gasteiger partial charge in [-0.1, -0.05) is 18.2 Å². The Kier molecular flexibility index (Phi) is 3.50. The summed E-state index contributed by atoms with van der Waals surface area (Å²) in [5.41, 5.74) is 4.79. The minimum atomic E-state index is -0.0123. The van der Waals surface area contributed by atoms with Gasteiger partial charge in [0.15, 0.2) is 0 Å². The Balaban J connectivity index is 1.86. The molecule has 0 bridgehead atoms. The molecule has 96 valence electrons. The van der Waals surface area contributed by atoms with E-state index in [0.717, 1.165) is 22.6 Å². The van der Waals surface area contributed by atoms with Crippen LogP contribution in [0.25, 0.3) is 10.2 Å². The van der Waals surface area contributed by atoms with E-state index in [9.17, 15) is 0 Å². The van der Waals surface area contributed by atoms with E-state index in [1.807, 2.05) is 36.4 Å². The molecular weight excluding hydrogens is 256 g/mol. The number of nitrogens with two attached hydrogens (primary N) is 1. The molecule has 0 amide bonds. The van der Waals surface area contributed by atoms with Crippen LogP contribution in [-0.4, -0.2) is 9.97 Å². The Morgan fingerprint density at radius 1 is 1.16 bits per heavy atom. The summed E-state index contributed by atoms with van der Waals surface area (Å²) in [7, 11) is 0. The maximum absolute atomic E-state index is 5.63. The number of fused-ring (bicyclic) bond motifs is 1. The van der Waals surface area contributed by atoms with Crippen molar-refractivity contribution in [2.75, 3.05) is 0 Å². The molecule has 0 saturated carbocycles. The van der Waals surface area contributed by atoms with Crippen LogP contribution in [0, 0.1) is 0 Å². The molecule has 3 aromatic rings. The van der Waals surface area contributed by atoms with Crippen molar-refractivity contribution in [1.29, 1.82) is 0 Å². The monoisotopic (exact) mass is 270 g/mol. The van der Waals surface area contributed by atoms with Crippen LogP contribution in [0.5, 0.6) is 0 Å². The SMILES string of the molecule is NNC(Cc1nc2ccccc2s1)c1ccccn1. The third kappa shape index (κ3) is 2.63. The summed E-state index contributed by atoms with van der Waals surface area (Å²) in [4.78, 5) is 8.96. The highest BCUT2D eigenvalue weighted by molar-refractivity contribution is 7.18. The summed E-state index contributed by atoms with van der Waals surface area (Å²) >= 11 is 1.70. The minimum Gasteiger partial charge on any atom is -0.271 e. The van der Waals surface area contributed by atoms with Gasteiger partial charge in [0.25, 0.3) is 0 Å². The zero-order valence-corrected chi connectivity index (χ0v) is 11.1. The molecule has 3 rings (SSSR count). The summed E-state index contributed by atoms with van der Waals surface area (Å²) in [6.07, 6.45) is 2.52. The van der Waals surface area contributed by atoms with Crippen molar-refractivity contribution in [3.05, 3.63) is 59.4 Å². The molecule has 0 spiro atoms. The van der Waals surface area contributed by atoms with Crippen LogP contribution in [0.2, 0.25) is 0 Å². The number of benzene rings is 1. The average molecular weight is 270 g/mol. The van der Waals surface area contributed by atoms with Crippen molar-refractivity contribution < 1.29 is 0 Å². The molecule has 0 fully saturated rings. The van der Waals surface area contributed by atoms with E-state index in [4.69, 9.17) is 5.84 Å². The van der Waals surface area contributed by atoms with Crippen LogP contribution in [0.1, 0.15) is 16.7 Å². The maximum atomic E-state index is 5.63. The molecule has 0 radical (unpaired) electrons. The van der Waals surface area contributed by atoms with Gasteiger partial charge in [-0.2, -0.15) is 0 Å². The molecule has 5 heteroatoms. The standard InChI is InChI=1S/C14H14N4S/c15-18-12(10-5-3-4-8-16-10)9-14-17-11-6-1-2-7-13(11)19-14/h1-8,12,18H,9,15H2. The Hall–Kier alpha value is -1.82. The van der Waals surface area contributed by atoms with Gasteiger partial charge in [-0.25, -0.2) is 4.98 Å². The second-order valence-electron chi connectivity index (χ2n) is 4.25. The van der Waals surface area contributed by atoms with Gasteiger partial charge >= 0.3 is 0 Å². The predicted molar refractivity (Wildman–Crippen MR) is 77.6 cm³/mol. The van der Waals surface area contributed by atoms with Gasteiger partial charge in [-0.05, 0) is 24.3 Å². The van der Waals surface area contributed by atoms with Gasteiger partial charge < -0.3 is 0 Å². The van der Waals surface area contributed by atoms with E-state index < -0.39 is 0 Å². The summed E-state index contributed by atoms with van der Waals surface area (Å²) < 4.78 is 1.20. The molecule has 1 unspecified atom stereocenters. The van der Waals surface area contributed by atoms with Gasteiger partial charge in [0.1, 0.15) is 0 Å². The number of rotatable bonds is 4. The molecule has 19 heavy (non-hydrogen) atoms. The smallest absolute Gasteiger partial charge is 0.0958 e. The lowest BCUT2D eigenvalue weighted by atomic mass is 10.1. The Bertz CT molecular complexity index is 632. The zero-order valence-electron chi connectivity index (χ0n) is 10.3. The minimum absolute atomic E-state index is 0.0123. The Morgan fingerprint density at radius 3 is 2.74 bits per heavy atom. The van der Waals surface area contributed by atoms with Crippen molar-refractivity contribution in [1.82, 2.24) is 15.4 Å². The number of pyridine rings is 1. The average Bonchev–Trinajstić information content (AvgIpc) is 2.88. The van der Waals surface area contributed by atoms with E-state index >= 15 is 0 Å². The first-order valence-electron chi connectivity index (χ1n) is 6.08. The van der Waals surface area contributed by atoms with Crippen LogP contribution < -0.4 is 11.3 Å². The van der Waals surface area contributed by atoms with Crippen LogP contribution in [-0.2, 0) is 6.42 Å². The second kappa shape index (κ2) is 5.44. The molecular formula is C14H14N4S. The number of aromatic nitrogens is 2. The number of para-hydroxylation sites is 1. The number of hydrazine groups is 1. The van der Waals surface area contributed by atoms with E-state index in [1.54, 1.807) is 17.5 Å². The molecule has 2 aromatic heterocycles. The molecule has 0 aliphatic heterocycles. The molecule has 4 nitrogen and oxygen atoms in total. The normalized spacial score (nSPS) is 12.7. The first-order chi connectivity index (χ1) is 9.36. The fourth-order valence-electron chi connectivity index (χ4n) is 2.01. The molecule has 1 atom stereocenters. The van der Waals surface area contributed by atoms with Gasteiger partial charge in [0, 0.05) is 12.6 Å². The summed E-state index contributed by atoms with van der Waals surface area (Å²) in [5.74, 6) is 5.63.